The predicted octanol–water partition coefficient (Wildman–Crippen LogP) is 8.38. The second-order valence-corrected chi connectivity index (χ2v) is 32.0. The van der Waals surface area contributed by atoms with Gasteiger partial charge in [0.1, 0.15) is 24.7 Å². The van der Waals surface area contributed by atoms with Crippen LogP contribution in [-0.4, -0.2) is 170 Å². The molecule has 5 aliphatic rings. The molecule has 1 aliphatic heterocycles. The zero-order valence-corrected chi connectivity index (χ0v) is 61.0. The number of rotatable bonds is 36. The molecule has 12 N–H and O–H groups in total. The average molecular weight is 1470 g/mol. The molecule has 3 aromatic carbocycles. The van der Waals surface area contributed by atoms with Gasteiger partial charge in [-0.05, 0) is 165 Å². The lowest BCUT2D eigenvalue weighted by molar-refractivity contribution is -0.248. The Morgan fingerprint density at radius 3 is 2.23 bits per heavy atom. The minimum Gasteiger partial charge on any atom is -0.481 e. The fourth-order valence-corrected chi connectivity index (χ4v) is 17.9. The Balaban J connectivity index is 0.742. The van der Waals surface area contributed by atoms with Gasteiger partial charge in [0.25, 0.3) is 16.0 Å². The van der Waals surface area contributed by atoms with Crippen LogP contribution in [-0.2, 0) is 64.9 Å². The summed E-state index contributed by atoms with van der Waals surface area (Å²) in [6.07, 6.45) is 7.38. The van der Waals surface area contributed by atoms with Crippen molar-refractivity contribution in [3.8, 4) is 11.1 Å². The van der Waals surface area contributed by atoms with Gasteiger partial charge >= 0.3 is 24.1 Å². The maximum Gasteiger partial charge on any atom is 0.410 e. The Labute approximate surface area is 607 Å². The maximum atomic E-state index is 13.9. The van der Waals surface area contributed by atoms with E-state index in [1.54, 1.807) is 56.4 Å². The number of fused-ring (bicyclic) bond motifs is 2. The summed E-state index contributed by atoms with van der Waals surface area (Å²) < 4.78 is 49.7. The molecule has 5 atom stereocenters. The highest BCUT2D eigenvalue weighted by Gasteiger charge is 2.66. The Morgan fingerprint density at radius 2 is 1.53 bits per heavy atom. The molecule has 4 saturated carbocycles. The second kappa shape index (κ2) is 33.3. The van der Waals surface area contributed by atoms with E-state index in [1.807, 2.05) is 59.0 Å². The van der Waals surface area contributed by atoms with E-state index in [2.05, 4.69) is 50.7 Å². The highest BCUT2D eigenvalue weighted by atomic mass is 32.2. The molecule has 4 fully saturated rings. The van der Waals surface area contributed by atoms with Crippen LogP contribution in [0.4, 0.5) is 26.2 Å². The van der Waals surface area contributed by atoms with Crippen molar-refractivity contribution in [3.05, 3.63) is 119 Å². The lowest BCUT2D eigenvalue weighted by Gasteiger charge is -2.69. The van der Waals surface area contributed by atoms with Crippen molar-refractivity contribution in [2.75, 3.05) is 60.6 Å². The number of para-hydroxylation sites is 1. The molecule has 11 rings (SSSR count). The number of unbranched alkanes of at least 4 members (excludes halogenated alkanes) is 2. The van der Waals surface area contributed by atoms with Crippen molar-refractivity contribution >= 4 is 96.0 Å². The fourth-order valence-electron chi connectivity index (χ4n) is 16.6. The van der Waals surface area contributed by atoms with Gasteiger partial charge in [0, 0.05) is 80.3 Å². The molecule has 3 unspecified atom stereocenters. The minimum atomic E-state index is -4.51. The molecule has 31 heteroatoms. The van der Waals surface area contributed by atoms with E-state index in [0.717, 1.165) is 59.1 Å². The van der Waals surface area contributed by atoms with Gasteiger partial charge in [-0.1, -0.05) is 81.9 Å². The Hall–Kier alpha value is -9.14. The maximum absolute atomic E-state index is 13.9. The van der Waals surface area contributed by atoms with Crippen molar-refractivity contribution in [3.63, 3.8) is 0 Å². The number of aliphatic hydroxyl groups excluding tert-OH is 1. The summed E-state index contributed by atoms with van der Waals surface area (Å²) in [7, 11) is -4.51. The monoisotopic (exact) mass is 1470 g/mol. The van der Waals surface area contributed by atoms with Gasteiger partial charge in [-0.15, -0.1) is 0 Å². The summed E-state index contributed by atoms with van der Waals surface area (Å²) in [6, 6.07) is 20.5. The molecule has 0 saturated heterocycles. The van der Waals surface area contributed by atoms with Crippen molar-refractivity contribution < 1.29 is 76.1 Å². The molecule has 4 aliphatic carbocycles. The zero-order chi connectivity index (χ0) is 74.7. The summed E-state index contributed by atoms with van der Waals surface area (Å²) in [6.45, 7) is 11.3. The van der Waals surface area contributed by atoms with Crippen LogP contribution < -0.4 is 42.5 Å². The summed E-state index contributed by atoms with van der Waals surface area (Å²) in [4.78, 5) is 115. The van der Waals surface area contributed by atoms with Crippen molar-refractivity contribution in [1.82, 2.24) is 45.9 Å². The van der Waals surface area contributed by atoms with Crippen LogP contribution in [0, 0.1) is 29.1 Å². The fraction of sp³-hybridized carbons (Fsp3) is 0.521. The molecule has 7 amide bonds. The standard InChI is InChI=1S/C73H95N13O16S2/c1-45(2)61(82-59(88)18-7-6-10-28-75-58(87)25-26-60(89)90)65(93)79-55(16-12-29-76-67(74)96)64(92)78-49-21-19-47(20-22-49)37-101-69(97)84(32-34-104(98,99)100)31-33-102-73-41-70(4)38-71(5,42-73)40-72(39-70,43-73)44-86-46(3)52(35-77-86)50-23-24-57(81-62(50)66(94)95)85-30-27-48-13-11-14-51(53(48)36-85)63(91)83-68-80-54-15-8-9-17-56(54)103-68/h8-9,11,13-15,17,19-24,35,45,55,59,61,82,88H,6-7,10,12,16,18,25-34,36-44H2,1-5H3,(H,75,87)(H,78,92)(H,79,93)(H,89,90)(H,94,95)(H3,74,76,96)(H,80,83,91)(H,98,99,100)/t55-,59?,61-,70?,71?,72?,73?/m0/s1. The van der Waals surface area contributed by atoms with Crippen LogP contribution in [0.25, 0.3) is 21.3 Å². The number of amides is 7. The number of carboxylic acids is 2. The number of aliphatic hydroxyl groups is 1. The van der Waals surface area contributed by atoms with Crippen LogP contribution in [0.1, 0.15) is 161 Å². The van der Waals surface area contributed by atoms with Crippen LogP contribution in [0.3, 0.4) is 0 Å². The van der Waals surface area contributed by atoms with E-state index >= 15 is 0 Å². The quantitative estimate of drug-likeness (QED) is 0.00998. The number of nitrogens with one attached hydrogen (secondary N) is 6. The third kappa shape index (κ3) is 20.2. The number of benzene rings is 3. The summed E-state index contributed by atoms with van der Waals surface area (Å²) in [5.41, 5.74) is 9.83. The summed E-state index contributed by atoms with van der Waals surface area (Å²) in [5, 5.41) is 52.5. The van der Waals surface area contributed by atoms with Crippen molar-refractivity contribution in [2.24, 2.45) is 27.9 Å². The molecule has 3 aromatic heterocycles. The number of aliphatic carboxylic acids is 1. The number of aromatic carboxylic acids is 1. The number of carboxylic acid groups (broad SMARTS) is 2. The molecule has 29 nitrogen and oxygen atoms in total. The summed E-state index contributed by atoms with van der Waals surface area (Å²) >= 11 is 1.40. The Bertz CT molecular complexity index is 4210. The lowest BCUT2D eigenvalue weighted by Crippen LogP contribution is -2.64. The molecular weight excluding hydrogens is 1380 g/mol. The summed E-state index contributed by atoms with van der Waals surface area (Å²) in [5.74, 6) is -4.65. The number of urea groups is 1. The van der Waals surface area contributed by atoms with E-state index < -0.39 is 82.2 Å². The molecule has 4 bridgehead atoms. The number of thiazole rings is 1. The molecule has 6 aromatic rings. The smallest absolute Gasteiger partial charge is 0.410 e. The average Bonchev–Trinajstić information content (AvgIpc) is 0.706. The van der Waals surface area contributed by atoms with Gasteiger partial charge in [0.15, 0.2) is 10.8 Å². The van der Waals surface area contributed by atoms with Crippen LogP contribution in [0.5, 0.6) is 0 Å². The molecular formula is C73H95N13O16S2. The Morgan fingerprint density at radius 1 is 0.788 bits per heavy atom. The largest absolute Gasteiger partial charge is 0.481 e. The number of carbonyl (C=O) groups is 8. The number of nitrogens with zero attached hydrogens (tertiary/aromatic N) is 6. The van der Waals surface area contributed by atoms with Crippen molar-refractivity contribution in [2.45, 2.75) is 175 Å². The number of hydrogen-bond donors (Lipinski definition) is 11. The Kier molecular flexibility index (Phi) is 24.8. The van der Waals surface area contributed by atoms with E-state index in [-0.39, 0.29) is 98.1 Å². The highest BCUT2D eigenvalue weighted by molar-refractivity contribution is 7.85. The number of anilines is 3. The minimum absolute atomic E-state index is 0.0276. The SMILES string of the molecule is Cc1c(-c2ccc(N3CCc4cccc(C(=O)Nc5nc6ccccc6s5)c4C3)nc2C(=O)O)cnn1CC12CC3(C)CC(C)(C1)CC(OCCN(CCS(=O)(=O)O)C(=O)OCc1ccc(NC(=O)[C@H](CCCNC(N)=O)NC(=O)[C@@H](NC(O)CCCCCNC(=O)CCC(=O)O)C(C)C)cc1)(C3)C2. The number of nitrogens with two attached hydrogens (primary N) is 1. The molecule has 104 heavy (non-hydrogen) atoms. The van der Waals surface area contributed by atoms with Gasteiger partial charge in [0.05, 0.1) is 46.8 Å². The van der Waals surface area contributed by atoms with Gasteiger partial charge < -0.3 is 61.6 Å². The van der Waals surface area contributed by atoms with Gasteiger partial charge in [-0.3, -0.25) is 43.8 Å². The number of primary amides is 1. The van der Waals surface area contributed by atoms with Crippen LogP contribution in [0.2, 0.25) is 0 Å². The normalized spacial score (nSPS) is 20.4. The predicted molar refractivity (Wildman–Crippen MR) is 389 cm³/mol. The molecule has 560 valence electrons. The van der Waals surface area contributed by atoms with E-state index in [9.17, 15) is 61.5 Å². The number of ether oxygens (including phenoxy) is 2. The first-order valence-corrected chi connectivity index (χ1v) is 37.8. The van der Waals surface area contributed by atoms with E-state index in [4.69, 9.17) is 30.4 Å². The van der Waals surface area contributed by atoms with E-state index in [0.29, 0.717) is 97.2 Å². The number of aromatic nitrogens is 4. The van der Waals surface area contributed by atoms with Crippen molar-refractivity contribution in [1.29, 1.82) is 0 Å². The van der Waals surface area contributed by atoms with Gasteiger partial charge in [0.2, 0.25) is 17.7 Å². The molecule has 4 heterocycles. The zero-order valence-electron chi connectivity index (χ0n) is 59.3. The molecule has 0 spiro atoms. The molecule has 0 radical (unpaired) electrons. The first kappa shape index (κ1) is 77.5. The highest BCUT2D eigenvalue weighted by Crippen LogP contribution is 2.72. The van der Waals surface area contributed by atoms with Crippen LogP contribution in [0.15, 0.2) is 85.1 Å². The van der Waals surface area contributed by atoms with Gasteiger partial charge in [-0.2, -0.15) is 13.5 Å². The number of carbonyl (C=O) groups excluding carboxylic acids is 6. The lowest BCUT2D eigenvalue weighted by atomic mass is 9.39. The first-order chi connectivity index (χ1) is 49.4. The van der Waals surface area contributed by atoms with Crippen LogP contribution >= 0.6 is 11.3 Å². The third-order valence-corrected chi connectivity index (χ3v) is 21.8. The number of pyridine rings is 1. The first-order valence-electron chi connectivity index (χ1n) is 35.3. The number of hydrogen-bond acceptors (Lipinski definition) is 19. The third-order valence-electron chi connectivity index (χ3n) is 20.2. The second-order valence-electron chi connectivity index (χ2n) is 29.4. The topological polar surface area (TPSA) is 418 Å². The van der Waals surface area contributed by atoms with Gasteiger partial charge in [-0.25, -0.2) is 24.4 Å². The van der Waals surface area contributed by atoms with E-state index in [1.165, 1.54) is 16.2 Å².